The summed E-state index contributed by atoms with van der Waals surface area (Å²) in [5, 5.41) is 35.6. The molecular formula is C46H46N6O3. The molecule has 9 heteroatoms. The van der Waals surface area contributed by atoms with Gasteiger partial charge in [0.25, 0.3) is 0 Å². The van der Waals surface area contributed by atoms with Crippen LogP contribution in [0.1, 0.15) is 90.7 Å². The summed E-state index contributed by atoms with van der Waals surface area (Å²) in [5.41, 5.74) is 4.81. The zero-order valence-electron chi connectivity index (χ0n) is 31.5. The molecule has 0 fully saturated rings. The number of rotatable bonds is 15. The quantitative estimate of drug-likeness (QED) is 0.101. The lowest BCUT2D eigenvalue weighted by Gasteiger charge is -2.36. The summed E-state index contributed by atoms with van der Waals surface area (Å²) >= 11 is 0. The second-order valence-corrected chi connectivity index (χ2v) is 13.9. The van der Waals surface area contributed by atoms with Crippen molar-refractivity contribution in [3.05, 3.63) is 179 Å². The van der Waals surface area contributed by atoms with E-state index in [9.17, 15) is 15.0 Å². The first-order valence-electron chi connectivity index (χ1n) is 19.0. The van der Waals surface area contributed by atoms with E-state index in [2.05, 4.69) is 66.7 Å². The molecule has 0 aliphatic carbocycles. The minimum atomic E-state index is -1.32. The van der Waals surface area contributed by atoms with E-state index in [4.69, 9.17) is 15.3 Å². The smallest absolute Gasteiger partial charge is 0.354 e. The Labute approximate surface area is 322 Å². The van der Waals surface area contributed by atoms with Crippen LogP contribution in [0.25, 0.3) is 22.5 Å². The molecule has 5 aromatic carbocycles. The lowest BCUT2D eigenvalue weighted by atomic mass is 9.77. The minimum Gasteiger partial charge on any atom is -0.477 e. The molecule has 278 valence electrons. The lowest BCUT2D eigenvalue weighted by molar-refractivity contribution is 0.0218. The summed E-state index contributed by atoms with van der Waals surface area (Å²) in [6.45, 7) is 6.13. The number of aliphatic hydroxyl groups is 1. The van der Waals surface area contributed by atoms with Gasteiger partial charge >= 0.3 is 5.97 Å². The number of carboxylic acids is 1. The number of carboxylic acid groups (broad SMARTS) is 1. The molecule has 0 saturated heterocycles. The Balaban J connectivity index is 1.33. The van der Waals surface area contributed by atoms with Gasteiger partial charge in [-0.15, -0.1) is 5.10 Å². The first-order valence-corrected chi connectivity index (χ1v) is 19.0. The number of carbonyl (C=O) groups is 1. The molecule has 0 amide bonds. The van der Waals surface area contributed by atoms with E-state index in [1.54, 1.807) is 4.57 Å². The molecular weight excluding hydrogens is 685 g/mol. The maximum absolute atomic E-state index is 12.8. The van der Waals surface area contributed by atoms with Gasteiger partial charge < -0.3 is 14.8 Å². The number of imidazole rings is 1. The molecule has 2 aromatic heterocycles. The highest BCUT2D eigenvalue weighted by atomic mass is 16.4. The van der Waals surface area contributed by atoms with Gasteiger partial charge in [-0.2, -0.15) is 0 Å². The van der Waals surface area contributed by atoms with Gasteiger partial charge in [-0.3, -0.25) is 0 Å². The van der Waals surface area contributed by atoms with Crippen LogP contribution in [0.5, 0.6) is 0 Å². The molecule has 0 spiro atoms. The van der Waals surface area contributed by atoms with E-state index in [1.165, 1.54) is 0 Å². The van der Waals surface area contributed by atoms with Gasteiger partial charge in [0, 0.05) is 18.5 Å². The van der Waals surface area contributed by atoms with Crippen molar-refractivity contribution in [2.75, 3.05) is 0 Å². The SMILES string of the molecule is CCCCc1nc(C(O)(CC)CC)c(C(=O)O)n1Cc1ccc(-c2ccccc2-c2nnnn2C(c2ccccc2)(c2ccccc2)c2ccccc2)cc1. The highest BCUT2D eigenvalue weighted by Crippen LogP contribution is 2.43. The van der Waals surface area contributed by atoms with Crippen LogP contribution in [0.4, 0.5) is 0 Å². The van der Waals surface area contributed by atoms with Crippen molar-refractivity contribution < 1.29 is 15.0 Å². The van der Waals surface area contributed by atoms with Crippen molar-refractivity contribution in [3.63, 3.8) is 0 Å². The fraction of sp³-hybridized carbons (Fsp3) is 0.239. The van der Waals surface area contributed by atoms with Gasteiger partial charge in [0.05, 0.1) is 0 Å². The average Bonchev–Trinajstić information content (AvgIpc) is 3.87. The van der Waals surface area contributed by atoms with Crippen molar-refractivity contribution >= 4 is 5.97 Å². The minimum absolute atomic E-state index is 0.0530. The Kier molecular flexibility index (Phi) is 10.8. The molecule has 9 nitrogen and oxygen atoms in total. The molecule has 55 heavy (non-hydrogen) atoms. The van der Waals surface area contributed by atoms with Crippen molar-refractivity contribution in [1.82, 2.24) is 29.8 Å². The third-order valence-corrected chi connectivity index (χ3v) is 10.7. The maximum atomic E-state index is 12.8. The summed E-state index contributed by atoms with van der Waals surface area (Å²) in [5.74, 6) is 0.189. The molecule has 0 radical (unpaired) electrons. The van der Waals surface area contributed by atoms with Crippen LogP contribution in [0, 0.1) is 0 Å². The molecule has 0 atom stereocenters. The number of aromatic carboxylic acids is 1. The molecule has 2 heterocycles. The fourth-order valence-corrected chi connectivity index (χ4v) is 7.71. The van der Waals surface area contributed by atoms with Gasteiger partial charge in [-0.1, -0.05) is 167 Å². The number of aromatic nitrogens is 6. The highest BCUT2D eigenvalue weighted by molar-refractivity contribution is 5.88. The fourth-order valence-electron chi connectivity index (χ4n) is 7.71. The van der Waals surface area contributed by atoms with E-state index in [0.29, 0.717) is 37.5 Å². The predicted molar refractivity (Wildman–Crippen MR) is 215 cm³/mol. The average molecular weight is 731 g/mol. The number of aryl methyl sites for hydroxylation is 1. The van der Waals surface area contributed by atoms with Crippen LogP contribution < -0.4 is 0 Å². The molecule has 0 unspecified atom stereocenters. The Bertz CT molecular complexity index is 2250. The monoisotopic (exact) mass is 730 g/mol. The van der Waals surface area contributed by atoms with Gasteiger partial charge in [-0.05, 0) is 63.1 Å². The van der Waals surface area contributed by atoms with Crippen molar-refractivity contribution in [1.29, 1.82) is 0 Å². The van der Waals surface area contributed by atoms with Gasteiger partial charge in [0.2, 0.25) is 0 Å². The van der Waals surface area contributed by atoms with E-state index >= 15 is 0 Å². The zero-order chi connectivity index (χ0) is 38.4. The van der Waals surface area contributed by atoms with Gasteiger partial charge in [0.1, 0.15) is 22.7 Å². The zero-order valence-corrected chi connectivity index (χ0v) is 31.5. The van der Waals surface area contributed by atoms with Crippen LogP contribution in [-0.2, 0) is 24.1 Å². The van der Waals surface area contributed by atoms with Gasteiger partial charge in [0.15, 0.2) is 11.5 Å². The number of benzene rings is 5. The first-order chi connectivity index (χ1) is 26.8. The van der Waals surface area contributed by atoms with E-state index < -0.39 is 17.1 Å². The third kappa shape index (κ3) is 6.87. The van der Waals surface area contributed by atoms with Crippen LogP contribution >= 0.6 is 0 Å². The number of tetrazole rings is 1. The Morgan fingerprint density at radius 2 is 1.22 bits per heavy atom. The molecule has 7 rings (SSSR count). The van der Waals surface area contributed by atoms with Crippen LogP contribution in [-0.4, -0.2) is 45.9 Å². The van der Waals surface area contributed by atoms with Crippen molar-refractivity contribution in [2.24, 2.45) is 0 Å². The van der Waals surface area contributed by atoms with E-state index in [0.717, 1.165) is 51.8 Å². The molecule has 0 saturated carbocycles. The van der Waals surface area contributed by atoms with Crippen LogP contribution in [0.3, 0.4) is 0 Å². The molecule has 2 N–H and O–H groups in total. The molecule has 0 aliphatic rings. The Hall–Kier alpha value is -6.19. The van der Waals surface area contributed by atoms with E-state index in [-0.39, 0.29) is 11.4 Å². The summed E-state index contributed by atoms with van der Waals surface area (Å²) in [6.07, 6.45) is 3.17. The molecule has 0 bridgehead atoms. The standard InChI is InChI=1S/C46H46N6O3/c1-4-7-27-40-47-42(45(55,5-2)6-3)41(44(53)54)51(40)32-33-28-30-34(31-29-33)38-25-17-18-26-39(38)43-48-49-50-52(43)46(35-19-11-8-12-20-35,36-21-13-9-14-22-36)37-23-15-10-16-24-37/h8-26,28-31,55H,4-7,27,32H2,1-3H3,(H,53,54). The Morgan fingerprint density at radius 1 is 0.691 bits per heavy atom. The Morgan fingerprint density at radius 3 is 1.73 bits per heavy atom. The van der Waals surface area contributed by atoms with Crippen molar-refractivity contribution in [3.8, 4) is 22.5 Å². The number of unbranched alkanes of at least 4 members (excludes halogenated alkanes) is 1. The van der Waals surface area contributed by atoms with E-state index in [1.807, 2.05) is 103 Å². The summed E-state index contributed by atoms with van der Waals surface area (Å²) in [7, 11) is 0. The normalized spacial score (nSPS) is 11.9. The second-order valence-electron chi connectivity index (χ2n) is 13.9. The largest absolute Gasteiger partial charge is 0.477 e. The maximum Gasteiger partial charge on any atom is 0.354 e. The molecule has 7 aromatic rings. The topological polar surface area (TPSA) is 119 Å². The van der Waals surface area contributed by atoms with Crippen LogP contribution in [0.2, 0.25) is 0 Å². The lowest BCUT2D eigenvalue weighted by Crippen LogP contribution is -2.39. The number of nitrogens with zero attached hydrogens (tertiary/aromatic N) is 6. The highest BCUT2D eigenvalue weighted by Gasteiger charge is 2.42. The summed E-state index contributed by atoms with van der Waals surface area (Å²) in [6, 6.07) is 47.3. The second kappa shape index (κ2) is 16.0. The van der Waals surface area contributed by atoms with Crippen LogP contribution in [0.15, 0.2) is 140 Å². The predicted octanol–water partition coefficient (Wildman–Crippen LogP) is 9.14. The van der Waals surface area contributed by atoms with Gasteiger partial charge in [-0.25, -0.2) is 14.5 Å². The summed E-state index contributed by atoms with van der Waals surface area (Å²) in [4.78, 5) is 17.6. The number of hydrogen-bond donors (Lipinski definition) is 2. The van der Waals surface area contributed by atoms with Crippen molar-refractivity contribution in [2.45, 2.75) is 70.6 Å². The molecule has 0 aliphatic heterocycles. The number of hydrogen-bond acceptors (Lipinski definition) is 6. The summed E-state index contributed by atoms with van der Waals surface area (Å²) < 4.78 is 3.72. The third-order valence-electron chi connectivity index (χ3n) is 10.7. The first kappa shape index (κ1) is 37.1.